The second-order valence-corrected chi connectivity index (χ2v) is 7.00. The molecule has 0 amide bonds. The summed E-state index contributed by atoms with van der Waals surface area (Å²) in [6.45, 7) is 9.29. The quantitative estimate of drug-likeness (QED) is 0.819. The molecule has 0 spiro atoms. The van der Waals surface area contributed by atoms with Crippen LogP contribution in [0.15, 0.2) is 0 Å². The van der Waals surface area contributed by atoms with Crippen LogP contribution in [-0.2, 0) is 0 Å². The van der Waals surface area contributed by atoms with Gasteiger partial charge in [0.1, 0.15) is 0 Å². The van der Waals surface area contributed by atoms with Gasteiger partial charge in [0.15, 0.2) is 0 Å². The molecule has 0 aromatic heterocycles. The Morgan fingerprint density at radius 3 is 2.53 bits per heavy atom. The van der Waals surface area contributed by atoms with Crippen LogP contribution in [0.4, 0.5) is 0 Å². The first-order chi connectivity index (χ1) is 8.00. The van der Waals surface area contributed by atoms with Crippen molar-refractivity contribution in [2.24, 2.45) is 17.1 Å². The molecule has 2 nitrogen and oxygen atoms in total. The predicted octanol–water partition coefficient (Wildman–Crippen LogP) is 3.01. The van der Waals surface area contributed by atoms with Gasteiger partial charge >= 0.3 is 0 Å². The summed E-state index contributed by atoms with van der Waals surface area (Å²) in [7, 11) is 0. The Bertz CT molecular complexity index is 245. The van der Waals surface area contributed by atoms with Crippen LogP contribution in [0.3, 0.4) is 0 Å². The lowest BCUT2D eigenvalue weighted by Crippen LogP contribution is -2.52. The Morgan fingerprint density at radius 2 is 1.82 bits per heavy atom. The van der Waals surface area contributed by atoms with Gasteiger partial charge in [-0.1, -0.05) is 26.7 Å². The van der Waals surface area contributed by atoms with Gasteiger partial charge in [-0.25, -0.2) is 0 Å². The second kappa shape index (κ2) is 5.27. The van der Waals surface area contributed by atoms with E-state index in [2.05, 4.69) is 25.7 Å². The van der Waals surface area contributed by atoms with E-state index in [-0.39, 0.29) is 11.5 Å². The number of piperidine rings is 1. The van der Waals surface area contributed by atoms with Crippen LogP contribution in [0.25, 0.3) is 0 Å². The topological polar surface area (TPSA) is 29.3 Å². The first-order valence-corrected chi connectivity index (χ1v) is 7.50. The molecule has 2 rings (SSSR count). The van der Waals surface area contributed by atoms with E-state index in [1.165, 1.54) is 51.6 Å². The first kappa shape index (κ1) is 13.4. The summed E-state index contributed by atoms with van der Waals surface area (Å²) >= 11 is 0. The van der Waals surface area contributed by atoms with Crippen LogP contribution >= 0.6 is 0 Å². The normalized spacial score (nSPS) is 33.2. The lowest BCUT2D eigenvalue weighted by Gasteiger charge is -2.47. The molecule has 0 bridgehead atoms. The van der Waals surface area contributed by atoms with Gasteiger partial charge in [-0.2, -0.15) is 0 Å². The summed E-state index contributed by atoms with van der Waals surface area (Å²) < 4.78 is 0. The number of fused-ring (bicyclic) bond motifs is 1. The minimum Gasteiger partial charge on any atom is -0.327 e. The summed E-state index contributed by atoms with van der Waals surface area (Å²) in [4.78, 5) is 2.76. The Hall–Kier alpha value is -0.0800. The highest BCUT2D eigenvalue weighted by Crippen LogP contribution is 2.37. The summed E-state index contributed by atoms with van der Waals surface area (Å²) in [5.74, 6) is 0.987. The highest BCUT2D eigenvalue weighted by Gasteiger charge is 2.36. The van der Waals surface area contributed by atoms with Gasteiger partial charge in [0.25, 0.3) is 0 Å². The number of likely N-dealkylation sites (tertiary alicyclic amines) is 1. The van der Waals surface area contributed by atoms with Crippen molar-refractivity contribution < 1.29 is 0 Å². The maximum absolute atomic E-state index is 6.13. The lowest BCUT2D eigenvalue weighted by molar-refractivity contribution is 0.0271. The molecule has 3 unspecified atom stereocenters. The van der Waals surface area contributed by atoms with E-state index in [4.69, 9.17) is 5.73 Å². The third-order valence-corrected chi connectivity index (χ3v) is 5.20. The minimum atomic E-state index is 0.249. The highest BCUT2D eigenvalue weighted by molar-refractivity contribution is 4.91. The molecule has 3 atom stereocenters. The van der Waals surface area contributed by atoms with Gasteiger partial charge in [-0.05, 0) is 50.5 Å². The van der Waals surface area contributed by atoms with E-state index < -0.39 is 0 Å². The third-order valence-electron chi connectivity index (χ3n) is 5.20. The Morgan fingerprint density at radius 1 is 1.18 bits per heavy atom. The fraction of sp³-hybridized carbons (Fsp3) is 1.00. The zero-order chi connectivity index (χ0) is 12.5. The van der Waals surface area contributed by atoms with Crippen LogP contribution in [0.5, 0.6) is 0 Å². The second-order valence-electron chi connectivity index (χ2n) is 7.00. The van der Waals surface area contributed by atoms with Crippen molar-refractivity contribution in [2.75, 3.05) is 13.1 Å². The van der Waals surface area contributed by atoms with Crippen LogP contribution in [0.1, 0.15) is 59.3 Å². The molecule has 1 aliphatic heterocycles. The molecule has 0 aromatic rings. The maximum Gasteiger partial charge on any atom is 0.0124 e. The molecule has 2 N–H and O–H groups in total. The summed E-state index contributed by atoms with van der Waals surface area (Å²) in [6.07, 6.45) is 8.68. The predicted molar refractivity (Wildman–Crippen MR) is 74.0 cm³/mol. The van der Waals surface area contributed by atoms with Crippen molar-refractivity contribution in [1.29, 1.82) is 0 Å². The van der Waals surface area contributed by atoms with Crippen LogP contribution < -0.4 is 5.73 Å². The molecule has 17 heavy (non-hydrogen) atoms. The molecular formula is C15H30N2. The number of hydrogen-bond donors (Lipinski definition) is 1. The van der Waals surface area contributed by atoms with Crippen molar-refractivity contribution in [3.8, 4) is 0 Å². The molecular weight excluding hydrogens is 208 g/mol. The van der Waals surface area contributed by atoms with Gasteiger partial charge in [-0.15, -0.1) is 0 Å². The molecule has 0 aromatic carbocycles. The van der Waals surface area contributed by atoms with Gasteiger partial charge < -0.3 is 5.73 Å². The average molecular weight is 238 g/mol. The fourth-order valence-electron chi connectivity index (χ4n) is 3.59. The molecule has 2 heteroatoms. The monoisotopic (exact) mass is 238 g/mol. The van der Waals surface area contributed by atoms with Gasteiger partial charge in [0, 0.05) is 18.6 Å². The van der Waals surface area contributed by atoms with E-state index in [1.807, 2.05) is 0 Å². The van der Waals surface area contributed by atoms with E-state index in [0.29, 0.717) is 0 Å². The van der Waals surface area contributed by atoms with E-state index in [0.717, 1.165) is 12.0 Å². The van der Waals surface area contributed by atoms with E-state index >= 15 is 0 Å². The van der Waals surface area contributed by atoms with Crippen LogP contribution in [-0.4, -0.2) is 30.1 Å². The maximum atomic E-state index is 6.13. The number of nitrogens with two attached hydrogens (primary N) is 1. The SMILES string of the molecule is CC(N)C(C)(C)CN1CCCC2CCCCC21. The molecule has 2 aliphatic rings. The van der Waals surface area contributed by atoms with E-state index in [1.54, 1.807) is 0 Å². The number of hydrogen-bond acceptors (Lipinski definition) is 2. The van der Waals surface area contributed by atoms with Crippen molar-refractivity contribution in [3.05, 3.63) is 0 Å². The molecule has 1 saturated carbocycles. The zero-order valence-corrected chi connectivity index (χ0v) is 11.9. The number of nitrogens with zero attached hydrogens (tertiary/aromatic N) is 1. The number of rotatable bonds is 3. The van der Waals surface area contributed by atoms with E-state index in [9.17, 15) is 0 Å². The Labute approximate surface area is 107 Å². The molecule has 100 valence electrons. The molecule has 0 radical (unpaired) electrons. The Kier molecular flexibility index (Phi) is 4.14. The van der Waals surface area contributed by atoms with Crippen molar-refractivity contribution in [1.82, 2.24) is 4.90 Å². The van der Waals surface area contributed by atoms with Crippen molar-refractivity contribution in [3.63, 3.8) is 0 Å². The first-order valence-electron chi connectivity index (χ1n) is 7.50. The Balaban J connectivity index is 1.99. The molecule has 1 aliphatic carbocycles. The standard InChI is InChI=1S/C15H30N2/c1-12(16)15(2,3)11-17-10-6-8-13-7-4-5-9-14(13)17/h12-14H,4-11,16H2,1-3H3. The molecule has 1 heterocycles. The summed E-state index contributed by atoms with van der Waals surface area (Å²) in [6, 6.07) is 1.15. The van der Waals surface area contributed by atoms with Gasteiger partial charge in [0.05, 0.1) is 0 Å². The smallest absolute Gasteiger partial charge is 0.0124 e. The fourth-order valence-corrected chi connectivity index (χ4v) is 3.59. The third kappa shape index (κ3) is 3.03. The summed E-state index contributed by atoms with van der Waals surface area (Å²) in [5.41, 5.74) is 6.38. The van der Waals surface area contributed by atoms with Crippen LogP contribution in [0.2, 0.25) is 0 Å². The average Bonchev–Trinajstić information content (AvgIpc) is 2.29. The highest BCUT2D eigenvalue weighted by atomic mass is 15.2. The largest absolute Gasteiger partial charge is 0.327 e. The zero-order valence-electron chi connectivity index (χ0n) is 11.9. The molecule has 2 fully saturated rings. The van der Waals surface area contributed by atoms with Gasteiger partial charge in [-0.3, -0.25) is 4.90 Å². The lowest BCUT2D eigenvalue weighted by atomic mass is 9.76. The van der Waals surface area contributed by atoms with Gasteiger partial charge in [0.2, 0.25) is 0 Å². The molecule has 1 saturated heterocycles. The minimum absolute atomic E-state index is 0.249. The summed E-state index contributed by atoms with van der Waals surface area (Å²) in [5, 5.41) is 0. The van der Waals surface area contributed by atoms with Crippen molar-refractivity contribution in [2.45, 2.75) is 71.4 Å². The van der Waals surface area contributed by atoms with Crippen molar-refractivity contribution >= 4 is 0 Å². The van der Waals surface area contributed by atoms with Crippen LogP contribution in [0, 0.1) is 11.3 Å².